The highest BCUT2D eigenvalue weighted by Gasteiger charge is 2.08. The maximum Gasteiger partial charge on any atom is 0.224 e. The molecule has 3 heterocycles. The Hall–Kier alpha value is -3.13. The molecule has 8 heteroatoms. The number of halogens is 1. The Balaban J connectivity index is 1.32. The number of pyridine rings is 1. The van der Waals surface area contributed by atoms with Crippen LogP contribution in [0.4, 0.5) is 5.69 Å². The molecule has 4 rings (SSSR count). The van der Waals surface area contributed by atoms with E-state index in [4.69, 9.17) is 4.74 Å². The molecule has 1 amide bonds. The van der Waals surface area contributed by atoms with Crippen molar-refractivity contribution >= 4 is 33.2 Å². The number of carbonyl (C=O) groups is 1. The van der Waals surface area contributed by atoms with Gasteiger partial charge in [-0.2, -0.15) is 5.10 Å². The van der Waals surface area contributed by atoms with E-state index in [9.17, 15) is 4.79 Å². The predicted molar refractivity (Wildman–Crippen MR) is 114 cm³/mol. The molecule has 0 saturated carbocycles. The molecule has 29 heavy (non-hydrogen) atoms. The minimum absolute atomic E-state index is 0.0516. The number of rotatable bonds is 7. The van der Waals surface area contributed by atoms with E-state index >= 15 is 0 Å². The summed E-state index contributed by atoms with van der Waals surface area (Å²) >= 11 is 3.47. The van der Waals surface area contributed by atoms with E-state index in [1.165, 1.54) is 0 Å². The zero-order chi connectivity index (χ0) is 20.2. The molecule has 0 aliphatic heterocycles. The Bertz CT molecular complexity index is 1120. The Morgan fingerprint density at radius 2 is 2.14 bits per heavy atom. The first kappa shape index (κ1) is 19.2. The van der Waals surface area contributed by atoms with E-state index in [1.807, 2.05) is 59.4 Å². The second kappa shape index (κ2) is 8.48. The highest BCUT2D eigenvalue weighted by atomic mass is 79.9. The summed E-state index contributed by atoms with van der Waals surface area (Å²) in [5.74, 6) is 0.723. The first-order valence-electron chi connectivity index (χ1n) is 9.18. The number of fused-ring (bicyclic) bond motifs is 1. The van der Waals surface area contributed by atoms with Gasteiger partial charge in [0.05, 0.1) is 35.7 Å². The number of carbonyl (C=O) groups excluding carboxylic acids is 1. The lowest BCUT2D eigenvalue weighted by Crippen LogP contribution is -2.12. The van der Waals surface area contributed by atoms with Crippen molar-refractivity contribution in [2.45, 2.75) is 19.4 Å². The summed E-state index contributed by atoms with van der Waals surface area (Å²) in [5, 5.41) is 7.21. The maximum atomic E-state index is 12.3. The van der Waals surface area contributed by atoms with Crippen LogP contribution in [0.5, 0.6) is 5.75 Å². The minimum Gasteiger partial charge on any atom is -0.496 e. The number of ether oxygens (including phenoxy) is 1. The van der Waals surface area contributed by atoms with Gasteiger partial charge in [-0.15, -0.1) is 0 Å². The SMILES string of the molecule is COc1ccc(CCC(=O)Nc2cnn(Cc3cn4ccccc4n3)c2)cc1Br. The van der Waals surface area contributed by atoms with E-state index in [2.05, 4.69) is 31.3 Å². The Kier molecular flexibility index (Phi) is 5.62. The number of benzene rings is 1. The normalized spacial score (nSPS) is 11.0. The van der Waals surface area contributed by atoms with E-state index in [1.54, 1.807) is 18.0 Å². The molecule has 0 bridgehead atoms. The van der Waals surface area contributed by atoms with Crippen molar-refractivity contribution < 1.29 is 9.53 Å². The summed E-state index contributed by atoms with van der Waals surface area (Å²) < 4.78 is 9.84. The third-order valence-corrected chi connectivity index (χ3v) is 5.13. The van der Waals surface area contributed by atoms with Crippen molar-refractivity contribution in [3.8, 4) is 5.75 Å². The van der Waals surface area contributed by atoms with Crippen LogP contribution in [-0.2, 0) is 17.8 Å². The van der Waals surface area contributed by atoms with E-state index < -0.39 is 0 Å². The molecule has 4 aromatic rings. The van der Waals surface area contributed by atoms with Gasteiger partial charge >= 0.3 is 0 Å². The highest BCUT2D eigenvalue weighted by Crippen LogP contribution is 2.26. The second-order valence-electron chi connectivity index (χ2n) is 6.64. The fourth-order valence-electron chi connectivity index (χ4n) is 3.09. The molecule has 0 fully saturated rings. The summed E-state index contributed by atoms with van der Waals surface area (Å²) in [6.45, 7) is 0.539. The molecule has 0 atom stereocenters. The van der Waals surface area contributed by atoms with Crippen LogP contribution in [0.2, 0.25) is 0 Å². The van der Waals surface area contributed by atoms with Gasteiger partial charge in [0.25, 0.3) is 0 Å². The molecule has 0 unspecified atom stereocenters. The van der Waals surface area contributed by atoms with Gasteiger partial charge in [0.15, 0.2) is 0 Å². The fraction of sp³-hybridized carbons (Fsp3) is 0.190. The van der Waals surface area contributed by atoms with Crippen molar-refractivity contribution in [3.05, 3.63) is 76.9 Å². The molecular formula is C21H20BrN5O2. The Morgan fingerprint density at radius 1 is 1.24 bits per heavy atom. The van der Waals surface area contributed by atoms with Crippen molar-refractivity contribution in [2.75, 3.05) is 12.4 Å². The van der Waals surface area contributed by atoms with Crippen LogP contribution in [0.1, 0.15) is 17.7 Å². The van der Waals surface area contributed by atoms with Crippen LogP contribution < -0.4 is 10.1 Å². The average Bonchev–Trinajstić information content (AvgIpc) is 3.32. The summed E-state index contributed by atoms with van der Waals surface area (Å²) in [5.41, 5.74) is 3.54. The van der Waals surface area contributed by atoms with Gasteiger partial charge in [-0.25, -0.2) is 4.98 Å². The van der Waals surface area contributed by atoms with Gasteiger partial charge in [0, 0.05) is 25.0 Å². The minimum atomic E-state index is -0.0516. The van der Waals surface area contributed by atoms with Crippen LogP contribution in [0.3, 0.4) is 0 Å². The quantitative estimate of drug-likeness (QED) is 0.460. The number of hydrogen-bond donors (Lipinski definition) is 1. The zero-order valence-electron chi connectivity index (χ0n) is 15.9. The molecule has 0 spiro atoms. The first-order valence-corrected chi connectivity index (χ1v) is 9.97. The smallest absolute Gasteiger partial charge is 0.224 e. The summed E-state index contributed by atoms with van der Waals surface area (Å²) in [4.78, 5) is 16.8. The second-order valence-corrected chi connectivity index (χ2v) is 7.50. The van der Waals surface area contributed by atoms with Crippen LogP contribution in [0.15, 0.2) is 65.7 Å². The number of methoxy groups -OCH3 is 1. The van der Waals surface area contributed by atoms with Gasteiger partial charge in [-0.05, 0) is 52.2 Å². The van der Waals surface area contributed by atoms with Gasteiger partial charge in [0.2, 0.25) is 5.91 Å². The van der Waals surface area contributed by atoms with Gasteiger partial charge in [-0.3, -0.25) is 9.48 Å². The summed E-state index contributed by atoms with van der Waals surface area (Å²) in [7, 11) is 1.63. The molecule has 0 radical (unpaired) electrons. The molecule has 0 aliphatic carbocycles. The topological polar surface area (TPSA) is 73.5 Å². The number of aryl methyl sites for hydroxylation is 1. The third kappa shape index (κ3) is 4.65. The number of amides is 1. The lowest BCUT2D eigenvalue weighted by molar-refractivity contribution is -0.116. The first-order chi connectivity index (χ1) is 14.1. The monoisotopic (exact) mass is 453 g/mol. The summed E-state index contributed by atoms with van der Waals surface area (Å²) in [6, 6.07) is 11.7. The van der Waals surface area contributed by atoms with E-state index in [0.717, 1.165) is 27.1 Å². The maximum absolute atomic E-state index is 12.3. The molecule has 7 nitrogen and oxygen atoms in total. The van der Waals surface area contributed by atoms with Crippen LogP contribution >= 0.6 is 15.9 Å². The number of nitrogens with zero attached hydrogens (tertiary/aromatic N) is 4. The molecule has 148 valence electrons. The molecular weight excluding hydrogens is 434 g/mol. The van der Waals surface area contributed by atoms with Crippen molar-refractivity contribution in [2.24, 2.45) is 0 Å². The standard InChI is InChI=1S/C21H20BrN5O2/c1-29-19-7-5-15(10-18(19)22)6-8-21(28)25-16-11-23-27(13-16)14-17-12-26-9-3-2-4-20(26)24-17/h2-5,7,9-13H,6,8,14H2,1H3,(H,25,28). The fourth-order valence-corrected chi connectivity index (χ4v) is 3.68. The molecule has 0 saturated heterocycles. The number of aromatic nitrogens is 4. The molecule has 3 aromatic heterocycles. The highest BCUT2D eigenvalue weighted by molar-refractivity contribution is 9.10. The zero-order valence-corrected chi connectivity index (χ0v) is 17.5. The lowest BCUT2D eigenvalue weighted by atomic mass is 10.1. The van der Waals surface area contributed by atoms with E-state index in [0.29, 0.717) is 25.1 Å². The lowest BCUT2D eigenvalue weighted by Gasteiger charge is -2.06. The van der Waals surface area contributed by atoms with Crippen LogP contribution in [0, 0.1) is 0 Å². The third-order valence-electron chi connectivity index (χ3n) is 4.51. The van der Waals surface area contributed by atoms with Crippen molar-refractivity contribution in [1.29, 1.82) is 0 Å². The van der Waals surface area contributed by atoms with Crippen LogP contribution in [-0.4, -0.2) is 32.2 Å². The predicted octanol–water partition coefficient (Wildman–Crippen LogP) is 3.92. The van der Waals surface area contributed by atoms with Crippen molar-refractivity contribution in [3.63, 3.8) is 0 Å². The number of nitrogens with one attached hydrogen (secondary N) is 1. The van der Waals surface area contributed by atoms with Crippen LogP contribution in [0.25, 0.3) is 5.65 Å². The number of anilines is 1. The number of imidazole rings is 1. The Labute approximate surface area is 176 Å². The van der Waals surface area contributed by atoms with Gasteiger partial charge in [0.1, 0.15) is 11.4 Å². The molecule has 1 N–H and O–H groups in total. The molecule has 1 aromatic carbocycles. The largest absolute Gasteiger partial charge is 0.496 e. The molecule has 0 aliphatic rings. The van der Waals surface area contributed by atoms with Gasteiger partial charge < -0.3 is 14.5 Å². The van der Waals surface area contributed by atoms with Crippen molar-refractivity contribution in [1.82, 2.24) is 19.2 Å². The van der Waals surface area contributed by atoms with Gasteiger partial charge in [-0.1, -0.05) is 12.1 Å². The average molecular weight is 454 g/mol. The summed E-state index contributed by atoms with van der Waals surface area (Å²) in [6.07, 6.45) is 8.42. The Morgan fingerprint density at radius 3 is 2.93 bits per heavy atom. The number of hydrogen-bond acceptors (Lipinski definition) is 4. The van der Waals surface area contributed by atoms with E-state index in [-0.39, 0.29) is 5.91 Å².